The molecular formula is C23H29Cl2N3O5S. The lowest BCUT2D eigenvalue weighted by molar-refractivity contribution is -0.140. The highest BCUT2D eigenvalue weighted by atomic mass is 35.5. The fraction of sp³-hybridized carbons (Fsp3) is 0.391. The van der Waals surface area contributed by atoms with Gasteiger partial charge in [-0.15, -0.1) is 0 Å². The average Bonchev–Trinajstić information content (AvgIpc) is 2.80. The van der Waals surface area contributed by atoms with Crippen molar-refractivity contribution in [3.63, 3.8) is 0 Å². The summed E-state index contributed by atoms with van der Waals surface area (Å²) in [4.78, 5) is 26.9. The largest absolute Gasteiger partial charge is 0.497 e. The molecule has 0 saturated carbocycles. The molecule has 0 fully saturated rings. The van der Waals surface area contributed by atoms with Crippen LogP contribution in [-0.2, 0) is 26.2 Å². The molecule has 0 saturated heterocycles. The van der Waals surface area contributed by atoms with E-state index in [9.17, 15) is 18.0 Å². The molecule has 0 aliphatic carbocycles. The van der Waals surface area contributed by atoms with E-state index < -0.39 is 16.1 Å². The minimum absolute atomic E-state index is 0.0198. The lowest BCUT2D eigenvalue weighted by Gasteiger charge is -2.29. The van der Waals surface area contributed by atoms with E-state index in [0.717, 1.165) is 16.1 Å². The van der Waals surface area contributed by atoms with Crippen molar-refractivity contribution >= 4 is 50.7 Å². The standard InChI is InChI=1S/C23H29Cl2N3O5S/c1-16(23(30)26-2)27(15-17-7-5-8-19(13-17)33-3)22(29)9-6-12-28(34(4,31)32)21-14-18(24)10-11-20(21)25/h5,7-8,10-11,13-14,16H,6,9,12,15H2,1-4H3,(H,26,30)/t16-/m1/s1. The molecule has 2 aromatic rings. The van der Waals surface area contributed by atoms with Crippen LogP contribution >= 0.6 is 23.2 Å². The summed E-state index contributed by atoms with van der Waals surface area (Å²) in [7, 11) is -0.622. The lowest BCUT2D eigenvalue weighted by atomic mass is 10.1. The Hall–Kier alpha value is -2.49. The van der Waals surface area contributed by atoms with Gasteiger partial charge in [-0.3, -0.25) is 13.9 Å². The number of halogens is 2. The van der Waals surface area contributed by atoms with Gasteiger partial charge in [0, 0.05) is 31.6 Å². The number of rotatable bonds is 11. The second-order valence-electron chi connectivity index (χ2n) is 7.70. The molecule has 1 atom stereocenters. The number of ether oxygens (including phenoxy) is 1. The van der Waals surface area contributed by atoms with Gasteiger partial charge in [-0.05, 0) is 49.2 Å². The number of nitrogens with zero attached hydrogens (tertiary/aromatic N) is 2. The molecule has 2 rings (SSSR count). The third-order valence-corrected chi connectivity index (χ3v) is 6.96. The van der Waals surface area contributed by atoms with Crippen LogP contribution in [0, 0.1) is 0 Å². The Morgan fingerprint density at radius 1 is 1.15 bits per heavy atom. The zero-order chi connectivity index (χ0) is 25.5. The van der Waals surface area contributed by atoms with Crippen molar-refractivity contribution in [2.75, 3.05) is 31.3 Å². The second kappa shape index (κ2) is 12.3. The molecule has 0 radical (unpaired) electrons. The first-order valence-electron chi connectivity index (χ1n) is 10.5. The maximum absolute atomic E-state index is 13.2. The topological polar surface area (TPSA) is 96.0 Å². The zero-order valence-corrected chi connectivity index (χ0v) is 21.9. The minimum atomic E-state index is -3.68. The van der Waals surface area contributed by atoms with Crippen molar-refractivity contribution in [3.8, 4) is 5.75 Å². The number of benzene rings is 2. The summed E-state index contributed by atoms with van der Waals surface area (Å²) in [5.74, 6) is 0.0453. The van der Waals surface area contributed by atoms with Crippen LogP contribution in [0.25, 0.3) is 0 Å². The summed E-state index contributed by atoms with van der Waals surface area (Å²) in [6.45, 7) is 1.86. The molecule has 34 heavy (non-hydrogen) atoms. The van der Waals surface area contributed by atoms with Gasteiger partial charge in [-0.2, -0.15) is 0 Å². The number of carbonyl (C=O) groups is 2. The van der Waals surface area contributed by atoms with Crippen LogP contribution in [0.3, 0.4) is 0 Å². The van der Waals surface area contributed by atoms with Gasteiger partial charge in [0.25, 0.3) is 0 Å². The third-order valence-electron chi connectivity index (χ3n) is 5.23. The number of hydrogen-bond donors (Lipinski definition) is 1. The normalized spacial score (nSPS) is 12.1. The summed E-state index contributed by atoms with van der Waals surface area (Å²) in [5.41, 5.74) is 1.04. The number of likely N-dealkylation sites (N-methyl/N-ethyl adjacent to an activating group) is 1. The predicted molar refractivity (Wildman–Crippen MR) is 135 cm³/mol. The van der Waals surface area contributed by atoms with Gasteiger partial charge in [0.15, 0.2) is 0 Å². The van der Waals surface area contributed by atoms with Crippen LogP contribution in [0.4, 0.5) is 5.69 Å². The number of nitrogens with one attached hydrogen (secondary N) is 1. The molecule has 8 nitrogen and oxygen atoms in total. The summed E-state index contributed by atoms with van der Waals surface area (Å²) in [6, 6.07) is 11.1. The Kier molecular flexibility index (Phi) is 10.0. The quantitative estimate of drug-likeness (QED) is 0.478. The molecule has 0 aromatic heterocycles. The van der Waals surface area contributed by atoms with Crippen molar-refractivity contribution in [2.45, 2.75) is 32.4 Å². The van der Waals surface area contributed by atoms with E-state index in [4.69, 9.17) is 27.9 Å². The number of carbonyl (C=O) groups excluding carboxylic acids is 2. The molecular weight excluding hydrogens is 501 g/mol. The van der Waals surface area contributed by atoms with E-state index >= 15 is 0 Å². The highest BCUT2D eigenvalue weighted by Gasteiger charge is 2.26. The second-order valence-corrected chi connectivity index (χ2v) is 10.4. The fourth-order valence-corrected chi connectivity index (χ4v) is 4.82. The smallest absolute Gasteiger partial charge is 0.242 e. The Bertz CT molecular complexity index is 1130. The maximum Gasteiger partial charge on any atom is 0.242 e. The molecule has 2 aromatic carbocycles. The highest BCUT2D eigenvalue weighted by molar-refractivity contribution is 7.92. The van der Waals surface area contributed by atoms with Gasteiger partial charge in [-0.25, -0.2) is 8.42 Å². The Labute approximate surface area is 210 Å². The summed E-state index contributed by atoms with van der Waals surface area (Å²) < 4.78 is 31.2. The molecule has 0 aliphatic rings. The van der Waals surface area contributed by atoms with Gasteiger partial charge < -0.3 is 15.0 Å². The average molecular weight is 530 g/mol. The van der Waals surface area contributed by atoms with E-state index in [0.29, 0.717) is 10.8 Å². The molecule has 0 spiro atoms. The zero-order valence-electron chi connectivity index (χ0n) is 19.5. The number of amides is 2. The molecule has 0 aliphatic heterocycles. The molecule has 1 N–H and O–H groups in total. The van der Waals surface area contributed by atoms with Crippen LogP contribution in [-0.4, -0.2) is 58.1 Å². The number of hydrogen-bond acceptors (Lipinski definition) is 5. The van der Waals surface area contributed by atoms with Crippen LogP contribution < -0.4 is 14.4 Å². The van der Waals surface area contributed by atoms with Crippen molar-refractivity contribution in [1.29, 1.82) is 0 Å². The number of sulfonamides is 1. The predicted octanol–water partition coefficient (Wildman–Crippen LogP) is 3.71. The Morgan fingerprint density at radius 2 is 1.85 bits per heavy atom. The van der Waals surface area contributed by atoms with Crippen molar-refractivity contribution in [1.82, 2.24) is 10.2 Å². The first kappa shape index (κ1) is 27.8. The van der Waals surface area contributed by atoms with Crippen LogP contribution in [0.1, 0.15) is 25.3 Å². The highest BCUT2D eigenvalue weighted by Crippen LogP contribution is 2.31. The van der Waals surface area contributed by atoms with Gasteiger partial charge in [-0.1, -0.05) is 35.3 Å². The first-order valence-corrected chi connectivity index (χ1v) is 13.1. The Morgan fingerprint density at radius 3 is 2.47 bits per heavy atom. The van der Waals surface area contributed by atoms with Crippen LogP contribution in [0.5, 0.6) is 5.75 Å². The van der Waals surface area contributed by atoms with Gasteiger partial charge in [0.1, 0.15) is 11.8 Å². The molecule has 2 amide bonds. The molecule has 186 valence electrons. The van der Waals surface area contributed by atoms with E-state index in [1.165, 1.54) is 24.1 Å². The third kappa shape index (κ3) is 7.51. The van der Waals surface area contributed by atoms with Gasteiger partial charge >= 0.3 is 0 Å². The number of methoxy groups -OCH3 is 1. The SMILES string of the molecule is CNC(=O)[C@@H](C)N(Cc1cccc(OC)c1)C(=O)CCCN(c1cc(Cl)ccc1Cl)S(C)(=O)=O. The minimum Gasteiger partial charge on any atom is -0.497 e. The molecule has 0 heterocycles. The fourth-order valence-electron chi connectivity index (χ4n) is 3.42. The Balaban J connectivity index is 2.19. The number of anilines is 1. The first-order chi connectivity index (χ1) is 16.0. The summed E-state index contributed by atoms with van der Waals surface area (Å²) in [5, 5.41) is 3.13. The van der Waals surface area contributed by atoms with Gasteiger partial charge in [0.2, 0.25) is 21.8 Å². The maximum atomic E-state index is 13.2. The van der Waals surface area contributed by atoms with E-state index in [1.807, 2.05) is 6.07 Å². The van der Waals surface area contributed by atoms with E-state index in [1.54, 1.807) is 38.3 Å². The lowest BCUT2D eigenvalue weighted by Crippen LogP contribution is -2.46. The van der Waals surface area contributed by atoms with E-state index in [2.05, 4.69) is 5.32 Å². The monoisotopic (exact) mass is 529 g/mol. The van der Waals surface area contributed by atoms with E-state index in [-0.39, 0.29) is 48.5 Å². The van der Waals surface area contributed by atoms with Crippen molar-refractivity contribution in [2.24, 2.45) is 0 Å². The van der Waals surface area contributed by atoms with Crippen molar-refractivity contribution < 1.29 is 22.7 Å². The summed E-state index contributed by atoms with van der Waals surface area (Å²) >= 11 is 12.2. The summed E-state index contributed by atoms with van der Waals surface area (Å²) in [6.07, 6.45) is 1.30. The molecule has 0 bridgehead atoms. The van der Waals surface area contributed by atoms with Crippen LogP contribution in [0.15, 0.2) is 42.5 Å². The molecule has 11 heteroatoms. The van der Waals surface area contributed by atoms with Crippen LogP contribution in [0.2, 0.25) is 10.0 Å². The van der Waals surface area contributed by atoms with Gasteiger partial charge in [0.05, 0.1) is 24.1 Å². The van der Waals surface area contributed by atoms with Crippen molar-refractivity contribution in [3.05, 3.63) is 58.1 Å². The molecule has 0 unspecified atom stereocenters.